The number of hydrogen-bond donors (Lipinski definition) is 2. The lowest BCUT2D eigenvalue weighted by Gasteiger charge is -2.26. The molecule has 2 atom stereocenters. The van der Waals surface area contributed by atoms with E-state index in [1.54, 1.807) is 0 Å². The molecule has 1 amide bonds. The Hall–Kier alpha value is -1.20. The largest absolute Gasteiger partial charge is 0.393 e. The van der Waals surface area contributed by atoms with Crippen molar-refractivity contribution < 1.29 is 9.90 Å². The Balaban J connectivity index is 1.94. The minimum atomic E-state index is -0.314. The molecule has 1 saturated carbocycles. The highest BCUT2D eigenvalue weighted by molar-refractivity contribution is 6.29. The SMILES string of the molecule is O=C(NC1CCCC(O)C1)c1ccc(Cl)nn1. The van der Waals surface area contributed by atoms with Gasteiger partial charge in [-0.1, -0.05) is 11.6 Å². The summed E-state index contributed by atoms with van der Waals surface area (Å²) in [4.78, 5) is 11.8. The van der Waals surface area contributed by atoms with E-state index in [1.807, 2.05) is 0 Å². The Morgan fingerprint density at radius 1 is 1.41 bits per heavy atom. The van der Waals surface area contributed by atoms with Crippen molar-refractivity contribution in [3.63, 3.8) is 0 Å². The number of rotatable bonds is 2. The molecule has 6 heteroatoms. The predicted octanol–water partition coefficient (Wildman–Crippen LogP) is 1.16. The first-order chi connectivity index (χ1) is 8.15. The van der Waals surface area contributed by atoms with E-state index in [9.17, 15) is 9.90 Å². The van der Waals surface area contributed by atoms with Gasteiger partial charge in [-0.05, 0) is 37.8 Å². The van der Waals surface area contributed by atoms with Crippen LogP contribution in [0.4, 0.5) is 0 Å². The van der Waals surface area contributed by atoms with Crippen molar-refractivity contribution >= 4 is 17.5 Å². The van der Waals surface area contributed by atoms with Crippen LogP contribution in [-0.2, 0) is 0 Å². The minimum Gasteiger partial charge on any atom is -0.393 e. The van der Waals surface area contributed by atoms with Gasteiger partial charge in [0.15, 0.2) is 10.8 Å². The number of hydrogen-bond acceptors (Lipinski definition) is 4. The average molecular weight is 256 g/mol. The second-order valence-corrected chi connectivity index (χ2v) is 4.62. The number of aliphatic hydroxyl groups is 1. The minimum absolute atomic E-state index is 0.0173. The molecule has 5 nitrogen and oxygen atoms in total. The van der Waals surface area contributed by atoms with Gasteiger partial charge in [0.05, 0.1) is 6.10 Å². The van der Waals surface area contributed by atoms with E-state index in [1.165, 1.54) is 12.1 Å². The second-order valence-electron chi connectivity index (χ2n) is 4.23. The maximum absolute atomic E-state index is 11.8. The Bertz CT molecular complexity index is 396. The normalized spacial score (nSPS) is 24.4. The van der Waals surface area contributed by atoms with Crippen LogP contribution in [0.25, 0.3) is 0 Å². The summed E-state index contributed by atoms with van der Waals surface area (Å²) >= 11 is 5.59. The third kappa shape index (κ3) is 3.38. The molecule has 0 spiro atoms. The second kappa shape index (κ2) is 5.42. The van der Waals surface area contributed by atoms with Crippen LogP contribution in [0.1, 0.15) is 36.2 Å². The fourth-order valence-electron chi connectivity index (χ4n) is 1.99. The Morgan fingerprint density at radius 2 is 2.24 bits per heavy atom. The molecule has 2 unspecified atom stereocenters. The van der Waals surface area contributed by atoms with E-state index in [2.05, 4.69) is 15.5 Å². The van der Waals surface area contributed by atoms with Gasteiger partial charge in [-0.15, -0.1) is 10.2 Å². The van der Waals surface area contributed by atoms with Crippen LogP contribution in [0.3, 0.4) is 0 Å². The molecule has 92 valence electrons. The number of amides is 1. The zero-order valence-electron chi connectivity index (χ0n) is 9.27. The number of halogens is 1. The van der Waals surface area contributed by atoms with Crippen LogP contribution in [-0.4, -0.2) is 33.4 Å². The van der Waals surface area contributed by atoms with Crippen LogP contribution in [0.2, 0.25) is 5.15 Å². The highest BCUT2D eigenvalue weighted by atomic mass is 35.5. The van der Waals surface area contributed by atoms with Crippen LogP contribution in [0, 0.1) is 0 Å². The van der Waals surface area contributed by atoms with Gasteiger partial charge in [0.2, 0.25) is 0 Å². The van der Waals surface area contributed by atoms with Crippen molar-refractivity contribution in [3.8, 4) is 0 Å². The molecule has 0 bridgehead atoms. The van der Waals surface area contributed by atoms with E-state index < -0.39 is 0 Å². The molecule has 17 heavy (non-hydrogen) atoms. The summed E-state index contributed by atoms with van der Waals surface area (Å²) in [5.41, 5.74) is 0.245. The number of aliphatic hydroxyl groups excluding tert-OH is 1. The summed E-state index contributed by atoms with van der Waals surface area (Å²) < 4.78 is 0. The molecule has 0 aromatic carbocycles. The lowest BCUT2D eigenvalue weighted by Crippen LogP contribution is -2.40. The molecule has 1 aliphatic carbocycles. The van der Waals surface area contributed by atoms with Crippen molar-refractivity contribution in [1.82, 2.24) is 15.5 Å². The maximum Gasteiger partial charge on any atom is 0.272 e. The van der Waals surface area contributed by atoms with Crippen LogP contribution < -0.4 is 5.32 Å². The first-order valence-corrected chi connectivity index (χ1v) is 6.01. The molecule has 2 N–H and O–H groups in total. The summed E-state index contributed by atoms with van der Waals surface area (Å²) in [5, 5.41) is 19.9. The molecule has 1 fully saturated rings. The molecule has 1 aliphatic rings. The lowest BCUT2D eigenvalue weighted by atomic mass is 9.93. The van der Waals surface area contributed by atoms with Crippen molar-refractivity contribution in [2.24, 2.45) is 0 Å². The van der Waals surface area contributed by atoms with E-state index in [0.29, 0.717) is 6.42 Å². The predicted molar refractivity (Wildman–Crippen MR) is 62.8 cm³/mol. The van der Waals surface area contributed by atoms with Gasteiger partial charge in [-0.25, -0.2) is 0 Å². The van der Waals surface area contributed by atoms with Crippen LogP contribution in [0.5, 0.6) is 0 Å². The zero-order chi connectivity index (χ0) is 12.3. The number of carbonyl (C=O) groups is 1. The summed E-state index contributed by atoms with van der Waals surface area (Å²) in [6.07, 6.45) is 2.92. The molecule has 1 aromatic heterocycles. The van der Waals surface area contributed by atoms with Crippen LogP contribution >= 0.6 is 11.6 Å². The molecule has 0 aliphatic heterocycles. The van der Waals surface area contributed by atoms with E-state index in [4.69, 9.17) is 11.6 Å². The van der Waals surface area contributed by atoms with Gasteiger partial charge < -0.3 is 10.4 Å². The number of nitrogens with zero attached hydrogens (tertiary/aromatic N) is 2. The lowest BCUT2D eigenvalue weighted by molar-refractivity contribution is 0.0844. The van der Waals surface area contributed by atoms with Crippen molar-refractivity contribution in [3.05, 3.63) is 23.0 Å². The summed E-state index contributed by atoms with van der Waals surface area (Å²) in [6, 6.07) is 3.08. The molecular formula is C11H14ClN3O2. The Morgan fingerprint density at radius 3 is 2.88 bits per heavy atom. The van der Waals surface area contributed by atoms with Gasteiger partial charge in [0.25, 0.3) is 5.91 Å². The fourth-order valence-corrected chi connectivity index (χ4v) is 2.09. The topological polar surface area (TPSA) is 75.1 Å². The third-order valence-electron chi connectivity index (χ3n) is 2.85. The monoisotopic (exact) mass is 255 g/mol. The molecule has 0 radical (unpaired) electrons. The highest BCUT2D eigenvalue weighted by Crippen LogP contribution is 2.18. The summed E-state index contributed by atoms with van der Waals surface area (Å²) in [5.74, 6) is -0.270. The van der Waals surface area contributed by atoms with Crippen molar-refractivity contribution in [2.45, 2.75) is 37.8 Å². The van der Waals surface area contributed by atoms with Gasteiger partial charge in [-0.3, -0.25) is 4.79 Å². The molecule has 1 aromatic rings. The maximum atomic E-state index is 11.8. The molecular weight excluding hydrogens is 242 g/mol. The molecule has 1 heterocycles. The smallest absolute Gasteiger partial charge is 0.272 e. The average Bonchev–Trinajstić information content (AvgIpc) is 2.29. The first-order valence-electron chi connectivity index (χ1n) is 5.63. The molecule has 2 rings (SSSR count). The van der Waals surface area contributed by atoms with Gasteiger partial charge in [0, 0.05) is 6.04 Å². The number of nitrogens with one attached hydrogen (secondary N) is 1. The Kier molecular flexibility index (Phi) is 3.91. The summed E-state index contributed by atoms with van der Waals surface area (Å²) in [6.45, 7) is 0. The number of aromatic nitrogens is 2. The van der Waals surface area contributed by atoms with Crippen molar-refractivity contribution in [1.29, 1.82) is 0 Å². The van der Waals surface area contributed by atoms with Gasteiger partial charge >= 0.3 is 0 Å². The third-order valence-corrected chi connectivity index (χ3v) is 3.05. The zero-order valence-corrected chi connectivity index (χ0v) is 10.0. The standard InChI is InChI=1S/C11H14ClN3O2/c12-10-5-4-9(14-15-10)11(17)13-7-2-1-3-8(16)6-7/h4-5,7-8,16H,1-3,6H2,(H,13,17). The van der Waals surface area contributed by atoms with E-state index in [-0.39, 0.29) is 28.9 Å². The quantitative estimate of drug-likeness (QED) is 0.832. The number of carbonyl (C=O) groups excluding carboxylic acids is 1. The van der Waals surface area contributed by atoms with Gasteiger partial charge in [0.1, 0.15) is 0 Å². The van der Waals surface area contributed by atoms with E-state index >= 15 is 0 Å². The van der Waals surface area contributed by atoms with E-state index in [0.717, 1.165) is 19.3 Å². The van der Waals surface area contributed by atoms with Gasteiger partial charge in [-0.2, -0.15) is 0 Å². The van der Waals surface area contributed by atoms with Crippen LogP contribution in [0.15, 0.2) is 12.1 Å². The summed E-state index contributed by atoms with van der Waals surface area (Å²) in [7, 11) is 0. The highest BCUT2D eigenvalue weighted by Gasteiger charge is 2.22. The van der Waals surface area contributed by atoms with Crippen molar-refractivity contribution in [2.75, 3.05) is 0 Å². The Labute approximate surface area is 104 Å². The molecule has 0 saturated heterocycles. The first kappa shape index (κ1) is 12.3. The fraction of sp³-hybridized carbons (Fsp3) is 0.545.